The molecule has 0 unspecified atom stereocenters. The van der Waals surface area contributed by atoms with E-state index in [1.807, 2.05) is 6.07 Å². The molecule has 6 nitrogen and oxygen atoms in total. The van der Waals surface area contributed by atoms with E-state index in [4.69, 9.17) is 4.74 Å². The number of carbonyl (C=O) groups excluding carboxylic acids is 1. The lowest BCUT2D eigenvalue weighted by Crippen LogP contribution is -2.38. The highest BCUT2D eigenvalue weighted by atomic mass is 32.2. The van der Waals surface area contributed by atoms with Gasteiger partial charge in [-0.05, 0) is 42.5 Å². The van der Waals surface area contributed by atoms with Gasteiger partial charge in [-0.3, -0.25) is 9.10 Å². The Bertz CT molecular complexity index is 991. The lowest BCUT2D eigenvalue weighted by molar-refractivity contribution is -0.116. The van der Waals surface area contributed by atoms with Crippen LogP contribution in [0.1, 0.15) is 13.3 Å². The first-order valence-electron chi connectivity index (χ1n) is 8.78. The standard InChI is InChI=1S/C19H20N2O4S2/c1-14(22)20-9-4-12-26-19-8-7-15(13-17(19)20)27(23,24)21-10-11-25-18-6-3-2-5-16(18)21/h2-3,5-8,13H,4,9-12H2,1H3. The van der Waals surface area contributed by atoms with Gasteiger partial charge in [0.15, 0.2) is 0 Å². The minimum atomic E-state index is -3.76. The molecule has 0 saturated heterocycles. The Hall–Kier alpha value is -2.19. The summed E-state index contributed by atoms with van der Waals surface area (Å²) in [6.07, 6.45) is 0.873. The number of hydrogen-bond donors (Lipinski definition) is 0. The number of sulfonamides is 1. The van der Waals surface area contributed by atoms with Crippen LogP contribution >= 0.6 is 11.8 Å². The number of nitrogens with zero attached hydrogens (tertiary/aromatic N) is 2. The fraction of sp³-hybridized carbons (Fsp3) is 0.316. The van der Waals surface area contributed by atoms with Gasteiger partial charge in [-0.1, -0.05) is 12.1 Å². The minimum absolute atomic E-state index is 0.0787. The van der Waals surface area contributed by atoms with Crippen LogP contribution < -0.4 is 13.9 Å². The van der Waals surface area contributed by atoms with Gasteiger partial charge in [0.05, 0.1) is 22.8 Å². The highest BCUT2D eigenvalue weighted by Crippen LogP contribution is 2.39. The van der Waals surface area contributed by atoms with E-state index in [1.165, 1.54) is 11.2 Å². The number of thioether (sulfide) groups is 1. The van der Waals surface area contributed by atoms with E-state index in [-0.39, 0.29) is 17.3 Å². The number of anilines is 2. The van der Waals surface area contributed by atoms with Gasteiger partial charge >= 0.3 is 0 Å². The van der Waals surface area contributed by atoms with E-state index in [1.54, 1.807) is 53.1 Å². The van der Waals surface area contributed by atoms with Gasteiger partial charge in [-0.15, -0.1) is 11.8 Å². The van der Waals surface area contributed by atoms with Crippen molar-refractivity contribution in [3.05, 3.63) is 42.5 Å². The Balaban J connectivity index is 1.79. The van der Waals surface area contributed by atoms with Crippen LogP contribution in [0, 0.1) is 0 Å². The number of fused-ring (bicyclic) bond motifs is 2. The molecule has 0 spiro atoms. The van der Waals surface area contributed by atoms with Crippen LogP contribution in [0.2, 0.25) is 0 Å². The normalized spacial score (nSPS) is 16.8. The summed E-state index contributed by atoms with van der Waals surface area (Å²) in [6, 6.07) is 12.2. The molecular weight excluding hydrogens is 384 g/mol. The average molecular weight is 405 g/mol. The number of rotatable bonds is 2. The second-order valence-corrected chi connectivity index (χ2v) is 9.39. The predicted octanol–water partition coefficient (Wildman–Crippen LogP) is 3.12. The molecule has 2 aromatic rings. The quantitative estimate of drug-likeness (QED) is 0.769. The third-order valence-corrected chi connectivity index (χ3v) is 7.62. The summed E-state index contributed by atoms with van der Waals surface area (Å²) < 4.78 is 33.7. The van der Waals surface area contributed by atoms with E-state index in [0.717, 1.165) is 17.1 Å². The summed E-state index contributed by atoms with van der Waals surface area (Å²) >= 11 is 1.65. The van der Waals surface area contributed by atoms with Gasteiger partial charge in [0.2, 0.25) is 5.91 Å². The Kier molecular flexibility index (Phi) is 4.77. The van der Waals surface area contributed by atoms with Crippen LogP contribution in [-0.4, -0.2) is 39.8 Å². The number of hydrogen-bond acceptors (Lipinski definition) is 5. The van der Waals surface area contributed by atoms with E-state index < -0.39 is 10.0 Å². The van der Waals surface area contributed by atoms with Gasteiger partial charge in [0.1, 0.15) is 12.4 Å². The summed E-state index contributed by atoms with van der Waals surface area (Å²) in [5.74, 6) is 1.38. The molecule has 0 aromatic heterocycles. The fourth-order valence-corrected chi connectivity index (χ4v) is 5.82. The van der Waals surface area contributed by atoms with Gasteiger partial charge in [-0.25, -0.2) is 8.42 Å². The molecule has 2 aromatic carbocycles. The zero-order chi connectivity index (χ0) is 19.0. The Morgan fingerprint density at radius 2 is 1.93 bits per heavy atom. The molecule has 0 bridgehead atoms. The zero-order valence-corrected chi connectivity index (χ0v) is 16.6. The third kappa shape index (κ3) is 3.27. The van der Waals surface area contributed by atoms with Crippen LogP contribution in [-0.2, 0) is 14.8 Å². The van der Waals surface area contributed by atoms with E-state index in [9.17, 15) is 13.2 Å². The van der Waals surface area contributed by atoms with Crippen molar-refractivity contribution in [1.29, 1.82) is 0 Å². The molecule has 0 saturated carbocycles. The fourth-order valence-electron chi connectivity index (χ4n) is 3.36. The summed E-state index contributed by atoms with van der Waals surface area (Å²) in [5.41, 5.74) is 1.21. The summed E-state index contributed by atoms with van der Waals surface area (Å²) in [7, 11) is -3.76. The maximum atomic E-state index is 13.4. The van der Waals surface area contributed by atoms with Crippen LogP contribution in [0.4, 0.5) is 11.4 Å². The van der Waals surface area contributed by atoms with Crippen LogP contribution in [0.5, 0.6) is 5.75 Å². The average Bonchev–Trinajstić information content (AvgIpc) is 2.89. The third-order valence-electron chi connectivity index (χ3n) is 4.66. The van der Waals surface area contributed by atoms with Crippen molar-refractivity contribution in [2.75, 3.05) is 34.7 Å². The first-order valence-corrected chi connectivity index (χ1v) is 11.2. The molecule has 1 amide bonds. The Morgan fingerprint density at radius 1 is 1.11 bits per heavy atom. The number of carbonyl (C=O) groups is 1. The SMILES string of the molecule is CC(=O)N1CCCSc2ccc(S(=O)(=O)N3CCOc4ccccc43)cc21. The molecule has 27 heavy (non-hydrogen) atoms. The molecule has 2 aliphatic heterocycles. The van der Waals surface area contributed by atoms with Crippen LogP contribution in [0.3, 0.4) is 0 Å². The lowest BCUT2D eigenvalue weighted by Gasteiger charge is -2.30. The second-order valence-electron chi connectivity index (χ2n) is 6.40. The van der Waals surface area contributed by atoms with Crippen molar-refractivity contribution in [2.45, 2.75) is 23.1 Å². The molecule has 0 fully saturated rings. The zero-order valence-electron chi connectivity index (χ0n) is 14.9. The smallest absolute Gasteiger partial charge is 0.264 e. The predicted molar refractivity (Wildman–Crippen MR) is 106 cm³/mol. The van der Waals surface area contributed by atoms with Crippen molar-refractivity contribution in [1.82, 2.24) is 0 Å². The maximum Gasteiger partial charge on any atom is 0.264 e. The van der Waals surface area contributed by atoms with E-state index in [2.05, 4.69) is 0 Å². The summed E-state index contributed by atoms with van der Waals surface area (Å²) in [5, 5.41) is 0. The molecule has 142 valence electrons. The number of para-hydroxylation sites is 2. The number of ether oxygens (including phenoxy) is 1. The molecular formula is C19H20N2O4S2. The molecule has 0 atom stereocenters. The first-order chi connectivity index (χ1) is 13.0. The van der Waals surface area contributed by atoms with Crippen molar-refractivity contribution in [2.24, 2.45) is 0 Å². The Labute approximate surface area is 163 Å². The van der Waals surface area contributed by atoms with Crippen molar-refractivity contribution < 1.29 is 17.9 Å². The van der Waals surface area contributed by atoms with Crippen LogP contribution in [0.15, 0.2) is 52.3 Å². The molecule has 4 rings (SSSR count). The Morgan fingerprint density at radius 3 is 2.74 bits per heavy atom. The monoisotopic (exact) mass is 404 g/mol. The van der Waals surface area contributed by atoms with E-state index in [0.29, 0.717) is 30.3 Å². The molecule has 8 heteroatoms. The molecule has 0 aliphatic carbocycles. The highest BCUT2D eigenvalue weighted by molar-refractivity contribution is 7.99. The van der Waals surface area contributed by atoms with E-state index >= 15 is 0 Å². The first kappa shape index (κ1) is 18.2. The number of amides is 1. The van der Waals surface area contributed by atoms with Gasteiger partial charge in [0, 0.05) is 18.4 Å². The van der Waals surface area contributed by atoms with Crippen molar-refractivity contribution >= 4 is 39.1 Å². The van der Waals surface area contributed by atoms with Crippen LogP contribution in [0.25, 0.3) is 0 Å². The maximum absolute atomic E-state index is 13.4. The van der Waals surface area contributed by atoms with Crippen molar-refractivity contribution in [3.8, 4) is 5.75 Å². The van der Waals surface area contributed by atoms with Gasteiger partial charge < -0.3 is 9.64 Å². The largest absolute Gasteiger partial charge is 0.489 e. The number of benzene rings is 2. The molecule has 2 aliphatic rings. The lowest BCUT2D eigenvalue weighted by atomic mass is 10.2. The topological polar surface area (TPSA) is 66.9 Å². The molecule has 0 radical (unpaired) electrons. The minimum Gasteiger partial charge on any atom is -0.489 e. The highest BCUT2D eigenvalue weighted by Gasteiger charge is 2.31. The summed E-state index contributed by atoms with van der Waals surface area (Å²) in [4.78, 5) is 14.9. The summed E-state index contributed by atoms with van der Waals surface area (Å²) in [6.45, 7) is 2.66. The molecule has 2 heterocycles. The van der Waals surface area contributed by atoms with Gasteiger partial charge in [0.25, 0.3) is 10.0 Å². The van der Waals surface area contributed by atoms with Gasteiger partial charge in [-0.2, -0.15) is 0 Å². The molecule has 0 N–H and O–H groups in total. The van der Waals surface area contributed by atoms with Crippen molar-refractivity contribution in [3.63, 3.8) is 0 Å². The second kappa shape index (κ2) is 7.09.